The highest BCUT2D eigenvalue weighted by Gasteiger charge is 2.34. The summed E-state index contributed by atoms with van der Waals surface area (Å²) in [5.74, 6) is 0.194. The van der Waals surface area contributed by atoms with Gasteiger partial charge in [-0.2, -0.15) is 0 Å². The highest BCUT2D eigenvalue weighted by Crippen LogP contribution is 2.44. The standard InChI is InChI=1S/C25H31BrN2O4S2/c1-13(2)32-18-10-8-15(26)12-17(18)21(29)27-24(33)28-22-20(23(30)31-6)16-9-7-14(25(3,4)5)11-19(16)34-22/h8,10,12-14H,7,9,11H2,1-6H3,(H2,27,28,29,33). The molecule has 1 heterocycles. The second-order valence-electron chi connectivity index (χ2n) is 9.72. The van der Waals surface area contributed by atoms with Crippen LogP contribution < -0.4 is 15.4 Å². The molecule has 184 valence electrons. The molecular weight excluding hydrogens is 536 g/mol. The number of fused-ring (bicyclic) bond motifs is 1. The zero-order valence-electron chi connectivity index (χ0n) is 20.3. The van der Waals surface area contributed by atoms with Gasteiger partial charge in [0.05, 0.1) is 24.3 Å². The van der Waals surface area contributed by atoms with Crippen molar-refractivity contribution in [2.24, 2.45) is 11.3 Å². The van der Waals surface area contributed by atoms with Crippen molar-refractivity contribution in [2.75, 3.05) is 12.4 Å². The number of anilines is 1. The molecule has 1 amide bonds. The number of carbonyl (C=O) groups excluding carboxylic acids is 2. The molecule has 2 aromatic rings. The van der Waals surface area contributed by atoms with Crippen molar-refractivity contribution < 1.29 is 19.1 Å². The Balaban J connectivity index is 1.83. The number of hydrogen-bond acceptors (Lipinski definition) is 6. The van der Waals surface area contributed by atoms with Gasteiger partial charge in [-0.05, 0) is 80.4 Å². The maximum absolute atomic E-state index is 13.0. The summed E-state index contributed by atoms with van der Waals surface area (Å²) in [7, 11) is 1.38. The fraction of sp³-hybridized carbons (Fsp3) is 0.480. The summed E-state index contributed by atoms with van der Waals surface area (Å²) in [5.41, 5.74) is 2.08. The second-order valence-corrected chi connectivity index (χ2v) is 12.1. The monoisotopic (exact) mass is 566 g/mol. The largest absolute Gasteiger partial charge is 0.490 e. The lowest BCUT2D eigenvalue weighted by Crippen LogP contribution is -2.34. The number of hydrogen-bond donors (Lipinski definition) is 2. The number of methoxy groups -OCH3 is 1. The number of ether oxygens (including phenoxy) is 2. The number of carbonyl (C=O) groups is 2. The van der Waals surface area contributed by atoms with Crippen LogP contribution in [0.5, 0.6) is 5.75 Å². The SMILES string of the molecule is COC(=O)c1c(NC(=S)NC(=O)c2cc(Br)ccc2OC(C)C)sc2c1CCC(C(C)(C)C)C2. The third kappa shape index (κ3) is 6.17. The van der Waals surface area contributed by atoms with Gasteiger partial charge in [-0.15, -0.1) is 11.3 Å². The number of thiophene rings is 1. The fourth-order valence-corrected chi connectivity index (χ4v) is 6.01. The molecule has 1 aliphatic carbocycles. The van der Waals surface area contributed by atoms with E-state index in [1.807, 2.05) is 19.9 Å². The van der Waals surface area contributed by atoms with Gasteiger partial charge in [-0.25, -0.2) is 4.79 Å². The Morgan fingerprint density at radius 2 is 1.97 bits per heavy atom. The Morgan fingerprint density at radius 1 is 1.26 bits per heavy atom. The van der Waals surface area contributed by atoms with Crippen LogP contribution in [0.4, 0.5) is 5.00 Å². The first-order valence-electron chi connectivity index (χ1n) is 11.2. The van der Waals surface area contributed by atoms with E-state index in [2.05, 4.69) is 47.3 Å². The van der Waals surface area contributed by atoms with Gasteiger partial charge < -0.3 is 14.8 Å². The Kier molecular flexibility index (Phi) is 8.42. The minimum Gasteiger partial charge on any atom is -0.490 e. The maximum Gasteiger partial charge on any atom is 0.341 e. The number of thiocarbonyl (C=S) groups is 1. The van der Waals surface area contributed by atoms with E-state index in [9.17, 15) is 9.59 Å². The Labute approximate surface area is 218 Å². The molecule has 1 atom stereocenters. The summed E-state index contributed by atoms with van der Waals surface area (Å²) in [6.07, 6.45) is 2.64. The van der Waals surface area contributed by atoms with Gasteiger partial charge in [0.15, 0.2) is 5.11 Å². The molecule has 34 heavy (non-hydrogen) atoms. The van der Waals surface area contributed by atoms with Gasteiger partial charge in [-0.1, -0.05) is 36.7 Å². The molecule has 1 unspecified atom stereocenters. The molecule has 0 saturated carbocycles. The second kappa shape index (κ2) is 10.7. The molecule has 6 nitrogen and oxygen atoms in total. The van der Waals surface area contributed by atoms with E-state index in [0.29, 0.717) is 27.8 Å². The van der Waals surface area contributed by atoms with E-state index < -0.39 is 11.9 Å². The van der Waals surface area contributed by atoms with Crippen molar-refractivity contribution in [3.8, 4) is 5.75 Å². The van der Waals surface area contributed by atoms with Crippen molar-refractivity contribution in [1.82, 2.24) is 5.32 Å². The Morgan fingerprint density at radius 3 is 2.59 bits per heavy atom. The molecule has 0 fully saturated rings. The number of esters is 1. The normalized spacial score (nSPS) is 15.5. The predicted octanol–water partition coefficient (Wildman–Crippen LogP) is 6.36. The lowest BCUT2D eigenvalue weighted by Gasteiger charge is -2.33. The number of nitrogens with one attached hydrogen (secondary N) is 2. The minimum atomic E-state index is -0.400. The van der Waals surface area contributed by atoms with E-state index in [1.165, 1.54) is 23.3 Å². The summed E-state index contributed by atoms with van der Waals surface area (Å²) >= 11 is 10.4. The lowest BCUT2D eigenvalue weighted by molar-refractivity contribution is 0.0600. The van der Waals surface area contributed by atoms with Gasteiger partial charge in [0.2, 0.25) is 0 Å². The first-order chi connectivity index (χ1) is 15.9. The van der Waals surface area contributed by atoms with Gasteiger partial charge in [-0.3, -0.25) is 10.1 Å². The van der Waals surface area contributed by atoms with Crippen LogP contribution in [0, 0.1) is 11.3 Å². The van der Waals surface area contributed by atoms with E-state index in [4.69, 9.17) is 21.7 Å². The number of benzene rings is 1. The van der Waals surface area contributed by atoms with Crippen LogP contribution in [-0.4, -0.2) is 30.2 Å². The molecule has 0 radical (unpaired) electrons. The summed E-state index contributed by atoms with van der Waals surface area (Å²) < 4.78 is 11.6. The van der Waals surface area contributed by atoms with Gasteiger partial charge in [0.1, 0.15) is 10.8 Å². The topological polar surface area (TPSA) is 76.7 Å². The fourth-order valence-electron chi connectivity index (χ4n) is 4.07. The molecule has 9 heteroatoms. The first kappa shape index (κ1) is 26.6. The highest BCUT2D eigenvalue weighted by molar-refractivity contribution is 9.10. The molecule has 3 rings (SSSR count). The van der Waals surface area contributed by atoms with Gasteiger partial charge in [0, 0.05) is 9.35 Å². The Bertz CT molecular complexity index is 1110. The molecule has 1 aromatic heterocycles. The minimum absolute atomic E-state index is 0.0882. The van der Waals surface area contributed by atoms with Crippen molar-refractivity contribution in [3.05, 3.63) is 44.2 Å². The molecule has 1 aromatic carbocycles. The van der Waals surface area contributed by atoms with Crippen molar-refractivity contribution in [3.63, 3.8) is 0 Å². The van der Waals surface area contributed by atoms with Crippen LogP contribution >= 0.6 is 39.5 Å². The summed E-state index contributed by atoms with van der Waals surface area (Å²) in [5, 5.41) is 6.50. The van der Waals surface area contributed by atoms with Crippen molar-refractivity contribution >= 4 is 61.5 Å². The quantitative estimate of drug-likeness (QED) is 0.324. The van der Waals surface area contributed by atoms with Crippen LogP contribution in [0.15, 0.2) is 22.7 Å². The predicted molar refractivity (Wildman–Crippen MR) is 144 cm³/mol. The maximum atomic E-state index is 13.0. The molecular formula is C25H31BrN2O4S2. The third-order valence-electron chi connectivity index (χ3n) is 5.88. The average molecular weight is 568 g/mol. The van der Waals surface area contributed by atoms with E-state index in [-0.39, 0.29) is 16.6 Å². The van der Waals surface area contributed by atoms with Crippen molar-refractivity contribution in [2.45, 2.75) is 60.0 Å². The molecule has 0 bridgehead atoms. The number of amides is 1. The van der Waals surface area contributed by atoms with Crippen LogP contribution in [0.2, 0.25) is 0 Å². The number of rotatable bonds is 5. The smallest absolute Gasteiger partial charge is 0.341 e. The summed E-state index contributed by atoms with van der Waals surface area (Å²) in [4.78, 5) is 26.8. The molecule has 2 N–H and O–H groups in total. The molecule has 1 aliphatic rings. The molecule has 0 spiro atoms. The highest BCUT2D eigenvalue weighted by atomic mass is 79.9. The molecule has 0 saturated heterocycles. The summed E-state index contributed by atoms with van der Waals surface area (Å²) in [6, 6.07) is 5.24. The third-order valence-corrected chi connectivity index (χ3v) is 7.75. The van der Waals surface area contributed by atoms with Crippen LogP contribution in [-0.2, 0) is 17.6 Å². The van der Waals surface area contributed by atoms with E-state index >= 15 is 0 Å². The molecule has 0 aliphatic heterocycles. The average Bonchev–Trinajstić information content (AvgIpc) is 3.10. The lowest BCUT2D eigenvalue weighted by atomic mass is 9.72. The number of halogens is 1. The van der Waals surface area contributed by atoms with Gasteiger partial charge >= 0.3 is 5.97 Å². The van der Waals surface area contributed by atoms with Gasteiger partial charge in [0.25, 0.3) is 5.91 Å². The first-order valence-corrected chi connectivity index (χ1v) is 13.2. The van der Waals surface area contributed by atoms with Crippen molar-refractivity contribution in [1.29, 1.82) is 0 Å². The van der Waals surface area contributed by atoms with Crippen LogP contribution in [0.25, 0.3) is 0 Å². The zero-order chi connectivity index (χ0) is 25.2. The van der Waals surface area contributed by atoms with E-state index in [1.54, 1.807) is 12.1 Å². The zero-order valence-corrected chi connectivity index (χ0v) is 23.6. The van der Waals surface area contributed by atoms with Crippen LogP contribution in [0.1, 0.15) is 72.2 Å². The van der Waals surface area contributed by atoms with Crippen LogP contribution in [0.3, 0.4) is 0 Å². The van der Waals surface area contributed by atoms with E-state index in [0.717, 1.165) is 29.3 Å². The summed E-state index contributed by atoms with van der Waals surface area (Å²) in [6.45, 7) is 10.5. The Hall–Kier alpha value is -1.97.